The molecule has 0 aliphatic heterocycles. The molecule has 0 aliphatic rings. The van der Waals surface area contributed by atoms with Gasteiger partial charge in [0.05, 0.1) is 0 Å². The standard InChI is InChI=1S/C6H15P.Au/c1-4-7(5-2)6-3;/h4-6H2,1-3H3;/q;-1/p+1. The van der Waals surface area contributed by atoms with Crippen LogP contribution in [0.1, 0.15) is 20.8 Å². The van der Waals surface area contributed by atoms with Crippen molar-refractivity contribution in [2.45, 2.75) is 20.8 Å². The van der Waals surface area contributed by atoms with Crippen molar-refractivity contribution < 1.29 is 20.5 Å². The Bertz CT molecular complexity index is 51.3. The molecule has 0 unspecified atom stereocenters. The third-order valence-corrected chi connectivity index (χ3v) is 12.4. The van der Waals surface area contributed by atoms with Crippen LogP contribution in [0, 0.1) is 0 Å². The third kappa shape index (κ3) is 2.64. The van der Waals surface area contributed by atoms with Gasteiger partial charge in [0, 0.05) is 0 Å². The van der Waals surface area contributed by atoms with Crippen molar-refractivity contribution in [1.82, 2.24) is 0 Å². The van der Waals surface area contributed by atoms with E-state index in [1.165, 1.54) is 18.5 Å². The van der Waals surface area contributed by atoms with Crippen LogP contribution >= 0.6 is 5.15 Å². The minimum absolute atomic E-state index is 0.727. The van der Waals surface area contributed by atoms with Crippen LogP contribution in [0.25, 0.3) is 0 Å². The molecular formula is C6H16AuP. The first-order valence-electron chi connectivity index (χ1n) is 3.33. The summed E-state index contributed by atoms with van der Waals surface area (Å²) >= 11 is 2.89. The van der Waals surface area contributed by atoms with E-state index in [0.29, 0.717) is 0 Å². The quantitative estimate of drug-likeness (QED) is 0.553. The van der Waals surface area contributed by atoms with Crippen molar-refractivity contribution in [2.75, 3.05) is 18.5 Å². The summed E-state index contributed by atoms with van der Waals surface area (Å²) in [5.41, 5.74) is 0. The summed E-state index contributed by atoms with van der Waals surface area (Å²) in [7, 11) is 0. The molecule has 0 fully saturated rings. The van der Waals surface area contributed by atoms with Gasteiger partial charge in [-0.1, -0.05) is 0 Å². The predicted molar refractivity (Wildman–Crippen MR) is 39.9 cm³/mol. The molecule has 2 heteroatoms. The van der Waals surface area contributed by atoms with E-state index in [1.807, 2.05) is 0 Å². The average Bonchev–Trinajstić information content (AvgIpc) is 1.87. The maximum atomic E-state index is 2.89. The fourth-order valence-electron chi connectivity index (χ4n) is 0.750. The van der Waals surface area contributed by atoms with E-state index < -0.39 is 5.15 Å². The molecule has 0 aliphatic carbocycles. The van der Waals surface area contributed by atoms with Crippen molar-refractivity contribution in [3.63, 3.8) is 0 Å². The van der Waals surface area contributed by atoms with Crippen LogP contribution in [0.5, 0.6) is 0 Å². The van der Waals surface area contributed by atoms with Gasteiger partial charge in [0.15, 0.2) is 0 Å². The molecule has 56 valence electrons. The Balaban J connectivity index is 3.58. The number of rotatable bonds is 3. The molecule has 0 saturated carbocycles. The fourth-order valence-corrected chi connectivity index (χ4v) is 2.25. The Labute approximate surface area is 65.1 Å². The van der Waals surface area contributed by atoms with Crippen molar-refractivity contribution in [1.29, 1.82) is 0 Å². The van der Waals surface area contributed by atoms with E-state index in [1.54, 1.807) is 0 Å². The summed E-state index contributed by atoms with van der Waals surface area (Å²) in [5, 5.41) is -0.727. The van der Waals surface area contributed by atoms with E-state index in [9.17, 15) is 0 Å². The Morgan fingerprint density at radius 3 is 1.25 bits per heavy atom. The first-order valence-corrected chi connectivity index (χ1v) is 9.01. The van der Waals surface area contributed by atoms with Crippen LogP contribution in [0.3, 0.4) is 0 Å². The summed E-state index contributed by atoms with van der Waals surface area (Å²) in [4.78, 5) is 0. The van der Waals surface area contributed by atoms with E-state index in [0.717, 1.165) is 0 Å². The van der Waals surface area contributed by atoms with Crippen LogP contribution in [0.4, 0.5) is 0 Å². The van der Waals surface area contributed by atoms with Gasteiger partial charge in [0.25, 0.3) is 0 Å². The van der Waals surface area contributed by atoms with E-state index in [4.69, 9.17) is 0 Å². The zero-order valence-corrected chi connectivity index (χ0v) is 9.09. The van der Waals surface area contributed by atoms with Gasteiger partial charge >= 0.3 is 65.0 Å². The number of hydrogen-bond donors (Lipinski definition) is 0. The molecule has 0 saturated heterocycles. The molecule has 8 heavy (non-hydrogen) atoms. The summed E-state index contributed by atoms with van der Waals surface area (Å²) in [5.74, 6) is 0. The van der Waals surface area contributed by atoms with Gasteiger partial charge in [-0.05, 0) is 0 Å². The summed E-state index contributed by atoms with van der Waals surface area (Å²) in [6.45, 7) is 6.96. The molecule has 0 radical (unpaired) electrons. The van der Waals surface area contributed by atoms with Gasteiger partial charge in [-0.2, -0.15) is 0 Å². The van der Waals surface area contributed by atoms with Crippen LogP contribution in [-0.2, 0) is 20.5 Å². The molecule has 0 amide bonds. The Kier molecular flexibility index (Phi) is 4.66. The van der Waals surface area contributed by atoms with Crippen LogP contribution in [-0.4, -0.2) is 18.5 Å². The minimum atomic E-state index is -0.727. The van der Waals surface area contributed by atoms with Crippen molar-refractivity contribution >= 4 is 5.15 Å². The molecule has 0 atom stereocenters. The molecule has 0 aromatic heterocycles. The Morgan fingerprint density at radius 2 is 1.25 bits per heavy atom. The zero-order valence-electron chi connectivity index (χ0n) is 5.92. The molecule has 0 nitrogen and oxygen atoms in total. The second-order valence-corrected chi connectivity index (χ2v) is 13.3. The average molecular weight is 316 g/mol. The van der Waals surface area contributed by atoms with Crippen molar-refractivity contribution in [2.24, 2.45) is 0 Å². The Morgan fingerprint density at radius 1 is 1.00 bits per heavy atom. The first kappa shape index (κ1) is 9.17. The van der Waals surface area contributed by atoms with Gasteiger partial charge in [-0.25, -0.2) is 0 Å². The molecule has 0 aromatic carbocycles. The monoisotopic (exact) mass is 316 g/mol. The summed E-state index contributed by atoms with van der Waals surface area (Å²) in [6.07, 6.45) is 4.30. The Hall–Kier alpha value is 1.17. The van der Waals surface area contributed by atoms with E-state index >= 15 is 0 Å². The molecule has 0 bridgehead atoms. The third-order valence-electron chi connectivity index (χ3n) is 1.82. The molecule has 0 aromatic rings. The second-order valence-electron chi connectivity index (χ2n) is 2.13. The second kappa shape index (κ2) is 4.06. The van der Waals surface area contributed by atoms with Crippen molar-refractivity contribution in [3.05, 3.63) is 0 Å². The molecule has 0 spiro atoms. The maximum absolute atomic E-state index is 2.89. The predicted octanol–water partition coefficient (Wildman–Crippen LogP) is 2.26. The summed E-state index contributed by atoms with van der Waals surface area (Å²) in [6, 6.07) is 0. The summed E-state index contributed by atoms with van der Waals surface area (Å²) < 4.78 is 0. The van der Waals surface area contributed by atoms with Gasteiger partial charge < -0.3 is 0 Å². The van der Waals surface area contributed by atoms with Gasteiger partial charge in [0.1, 0.15) is 0 Å². The normalized spacial score (nSPS) is 14.1. The molecule has 0 heterocycles. The fraction of sp³-hybridized carbons (Fsp3) is 1.00. The van der Waals surface area contributed by atoms with E-state index in [2.05, 4.69) is 41.3 Å². The molecular weight excluding hydrogens is 300 g/mol. The van der Waals surface area contributed by atoms with Crippen LogP contribution < -0.4 is 0 Å². The van der Waals surface area contributed by atoms with E-state index in [-0.39, 0.29) is 0 Å². The van der Waals surface area contributed by atoms with Gasteiger partial charge in [-0.3, -0.25) is 0 Å². The number of hydrogen-bond acceptors (Lipinski definition) is 0. The van der Waals surface area contributed by atoms with Crippen LogP contribution in [0.2, 0.25) is 0 Å². The van der Waals surface area contributed by atoms with Crippen molar-refractivity contribution in [3.8, 4) is 0 Å². The molecule has 0 N–H and O–H groups in total. The van der Waals surface area contributed by atoms with Crippen LogP contribution in [0.15, 0.2) is 0 Å². The molecule has 0 rings (SSSR count). The first-order chi connectivity index (χ1) is 3.68. The van der Waals surface area contributed by atoms with Gasteiger partial charge in [0.2, 0.25) is 0 Å². The SMILES string of the molecule is CC[PH]([Au])(CC)CC. The topological polar surface area (TPSA) is 0 Å². The van der Waals surface area contributed by atoms with Gasteiger partial charge in [-0.15, -0.1) is 0 Å². The zero-order chi connectivity index (χ0) is 6.62.